The van der Waals surface area contributed by atoms with Crippen molar-refractivity contribution in [2.24, 2.45) is 32.5 Å². The van der Waals surface area contributed by atoms with Gasteiger partial charge in [0, 0.05) is 0 Å². The van der Waals surface area contributed by atoms with Crippen molar-refractivity contribution in [3.05, 3.63) is 0 Å². The molecule has 0 heteroatoms. The van der Waals surface area contributed by atoms with Crippen molar-refractivity contribution >= 4 is 0 Å². The van der Waals surface area contributed by atoms with Crippen LogP contribution >= 0.6 is 0 Å². The fourth-order valence-electron chi connectivity index (χ4n) is 0. The third kappa shape index (κ3) is 0. The van der Waals surface area contributed by atoms with Gasteiger partial charge in [-0.05, 0) is 32.5 Å². The van der Waals surface area contributed by atoms with E-state index < -0.39 is 0 Å². The first kappa shape index (κ1) is 43.8. The van der Waals surface area contributed by atoms with Crippen LogP contribution in [0.5, 0.6) is 0 Å². The lowest BCUT2D eigenvalue weighted by Crippen LogP contribution is -1.93. The van der Waals surface area contributed by atoms with Crippen LogP contribution in [-0.4, -0.2) is 0 Å². The van der Waals surface area contributed by atoms with Gasteiger partial charge in [-0.1, -0.05) is 166 Å². The van der Waals surface area contributed by atoms with Crippen molar-refractivity contribution in [1.82, 2.24) is 0 Å². The van der Waals surface area contributed by atoms with Crippen LogP contribution in [0.25, 0.3) is 0 Å². The summed E-state index contributed by atoms with van der Waals surface area (Å²) in [7, 11) is 0. The topological polar surface area (TPSA) is 0 Å². The van der Waals surface area contributed by atoms with Gasteiger partial charge in [0.2, 0.25) is 0 Å². The average molecular weight is 433 g/mol. The van der Waals surface area contributed by atoms with E-state index in [1.165, 1.54) is 0 Å². The van der Waals surface area contributed by atoms with Crippen molar-refractivity contribution in [3.8, 4) is 0 Å². The highest BCUT2D eigenvalue weighted by molar-refractivity contribution is 4.49. The van der Waals surface area contributed by atoms with E-state index in [0.29, 0.717) is 32.5 Å². The Kier molecular flexibility index (Phi) is 25.6. The summed E-state index contributed by atoms with van der Waals surface area (Å²) < 4.78 is 0. The second-order valence-electron chi connectivity index (χ2n) is 18.0. The molecule has 0 saturated carbocycles. The van der Waals surface area contributed by atoms with Gasteiger partial charge in [-0.25, -0.2) is 0 Å². The maximum absolute atomic E-state index is 2.19. The maximum atomic E-state index is 2.19. The minimum absolute atomic E-state index is 0.500. The molecule has 0 atom stereocenters. The minimum atomic E-state index is 0.500. The first-order valence-electron chi connectivity index (χ1n) is 12.0. The van der Waals surface area contributed by atoms with E-state index in [0.717, 1.165) is 0 Å². The molecule has 0 amide bonds. The first-order chi connectivity index (χ1) is 12.0. The van der Waals surface area contributed by atoms with Crippen LogP contribution in [0, 0.1) is 32.5 Å². The van der Waals surface area contributed by atoms with Crippen LogP contribution in [0.1, 0.15) is 166 Å². The van der Waals surface area contributed by atoms with Crippen molar-refractivity contribution in [2.45, 2.75) is 166 Å². The molecule has 0 aliphatic heterocycles. The molecular weight excluding hydrogens is 360 g/mol. The van der Waals surface area contributed by atoms with Crippen molar-refractivity contribution in [2.75, 3.05) is 0 Å². The Labute approximate surface area is 198 Å². The predicted molar refractivity (Wildman–Crippen MR) is 151 cm³/mol. The van der Waals surface area contributed by atoms with Crippen molar-refractivity contribution in [3.63, 3.8) is 0 Å². The Balaban J connectivity index is -0.0000000576. The van der Waals surface area contributed by atoms with Gasteiger partial charge < -0.3 is 0 Å². The summed E-state index contributed by atoms with van der Waals surface area (Å²) >= 11 is 0. The van der Waals surface area contributed by atoms with Crippen molar-refractivity contribution < 1.29 is 0 Å². The van der Waals surface area contributed by atoms with E-state index >= 15 is 0 Å². The molecule has 0 aliphatic carbocycles. The van der Waals surface area contributed by atoms with E-state index in [-0.39, 0.29) is 0 Å². The second-order valence-corrected chi connectivity index (χ2v) is 18.0. The molecule has 0 spiro atoms. The molecule has 0 heterocycles. The Morgan fingerprint density at radius 1 is 0.133 bits per heavy atom. The van der Waals surface area contributed by atoms with Gasteiger partial charge in [-0.2, -0.15) is 0 Å². The molecule has 0 rings (SSSR count). The molecule has 0 fully saturated rings. The van der Waals surface area contributed by atoms with Gasteiger partial charge in [0.15, 0.2) is 0 Å². The Bertz CT molecular complexity index is 186. The van der Waals surface area contributed by atoms with Gasteiger partial charge in [0.25, 0.3) is 0 Å². The van der Waals surface area contributed by atoms with Crippen LogP contribution < -0.4 is 0 Å². The zero-order valence-corrected chi connectivity index (χ0v) is 27.0. The third-order valence-electron chi connectivity index (χ3n) is 0. The van der Waals surface area contributed by atoms with Crippen LogP contribution in [0.3, 0.4) is 0 Å². The molecule has 30 heavy (non-hydrogen) atoms. The standard InChI is InChI=1S/6C5H12/c6*1-5(2,3)4/h6*1-4H3. The molecule has 0 bridgehead atoms. The Morgan fingerprint density at radius 2 is 0.133 bits per heavy atom. The summed E-state index contributed by atoms with van der Waals surface area (Å²) in [6, 6.07) is 0. The molecule has 0 unspecified atom stereocenters. The molecule has 0 aromatic heterocycles. The zero-order chi connectivity index (χ0) is 27.0. The van der Waals surface area contributed by atoms with Gasteiger partial charge in [-0.15, -0.1) is 0 Å². The van der Waals surface area contributed by atoms with Crippen molar-refractivity contribution in [1.29, 1.82) is 0 Å². The first-order valence-corrected chi connectivity index (χ1v) is 12.0. The molecule has 0 aromatic carbocycles. The highest BCUT2D eigenvalue weighted by atomic mass is 14.0. The van der Waals surface area contributed by atoms with E-state index in [4.69, 9.17) is 0 Å². The Hall–Kier alpha value is 0. The normalized spacial score (nSPS) is 12.0. The molecule has 0 nitrogen and oxygen atoms in total. The van der Waals surface area contributed by atoms with Crippen LogP contribution in [-0.2, 0) is 0 Å². The fraction of sp³-hybridized carbons (Fsp3) is 1.00. The van der Waals surface area contributed by atoms with E-state index in [2.05, 4.69) is 166 Å². The lowest BCUT2D eigenvalue weighted by atomic mass is 10.0. The number of rotatable bonds is 0. The molecular formula is C30H72. The molecule has 0 aromatic rings. The molecule has 0 N–H and O–H groups in total. The lowest BCUT2D eigenvalue weighted by molar-refractivity contribution is 0.469. The van der Waals surface area contributed by atoms with Gasteiger partial charge in [-0.3, -0.25) is 0 Å². The van der Waals surface area contributed by atoms with Crippen LogP contribution in [0.2, 0.25) is 0 Å². The van der Waals surface area contributed by atoms with Crippen LogP contribution in [0.4, 0.5) is 0 Å². The number of hydrogen-bond acceptors (Lipinski definition) is 0. The van der Waals surface area contributed by atoms with E-state index in [1.807, 2.05) is 0 Å². The summed E-state index contributed by atoms with van der Waals surface area (Å²) in [4.78, 5) is 0. The predicted octanol–water partition coefficient (Wildman–Crippen LogP) is 12.3. The third-order valence-corrected chi connectivity index (χ3v) is 0. The van der Waals surface area contributed by atoms with Gasteiger partial charge in [0.1, 0.15) is 0 Å². The molecule has 0 saturated heterocycles. The quantitative estimate of drug-likeness (QED) is 0.357. The van der Waals surface area contributed by atoms with E-state index in [9.17, 15) is 0 Å². The summed E-state index contributed by atoms with van der Waals surface area (Å²) in [5.74, 6) is 0. The molecule has 192 valence electrons. The molecule has 0 aliphatic rings. The highest BCUT2D eigenvalue weighted by Crippen LogP contribution is 2.10. The highest BCUT2D eigenvalue weighted by Gasteiger charge is 1.97. The Morgan fingerprint density at radius 3 is 0.133 bits per heavy atom. The minimum Gasteiger partial charge on any atom is -0.0604 e. The number of hydrogen-bond donors (Lipinski definition) is 0. The van der Waals surface area contributed by atoms with Gasteiger partial charge in [0.05, 0.1) is 0 Å². The molecule has 0 radical (unpaired) electrons. The summed E-state index contributed by atoms with van der Waals surface area (Å²) in [5.41, 5.74) is 3.00. The summed E-state index contributed by atoms with van der Waals surface area (Å²) in [6.07, 6.45) is 0. The summed E-state index contributed by atoms with van der Waals surface area (Å²) in [6.45, 7) is 52.5. The second kappa shape index (κ2) is 17.5. The smallest absolute Gasteiger partial charge is 0.0411 e. The SMILES string of the molecule is CC(C)(C)C.CC(C)(C)C.CC(C)(C)C.CC(C)(C)C.CC(C)(C)C.CC(C)(C)C. The average Bonchev–Trinajstić information content (AvgIpc) is 1.94. The van der Waals surface area contributed by atoms with Gasteiger partial charge >= 0.3 is 0 Å². The van der Waals surface area contributed by atoms with Crippen LogP contribution in [0.15, 0.2) is 0 Å². The maximum Gasteiger partial charge on any atom is -0.0411 e. The fourth-order valence-corrected chi connectivity index (χ4v) is 0. The monoisotopic (exact) mass is 433 g/mol. The largest absolute Gasteiger partial charge is 0.0604 e. The summed E-state index contributed by atoms with van der Waals surface area (Å²) in [5, 5.41) is 0. The lowest BCUT2D eigenvalue weighted by Gasteiger charge is -2.05. The van der Waals surface area contributed by atoms with E-state index in [1.54, 1.807) is 0 Å². The zero-order valence-electron chi connectivity index (χ0n) is 27.0.